The second kappa shape index (κ2) is 8.84. The van der Waals surface area contributed by atoms with Gasteiger partial charge in [-0.05, 0) is 44.5 Å². The number of ether oxygens (including phenoxy) is 2. The third kappa shape index (κ3) is 4.71. The summed E-state index contributed by atoms with van der Waals surface area (Å²) in [6.45, 7) is 5.58. The predicted octanol–water partition coefficient (Wildman–Crippen LogP) is 1.96. The molecule has 0 spiro atoms. The van der Waals surface area contributed by atoms with E-state index in [1.807, 2.05) is 36.9 Å². The van der Waals surface area contributed by atoms with Crippen molar-refractivity contribution in [1.29, 1.82) is 0 Å². The van der Waals surface area contributed by atoms with Crippen molar-refractivity contribution in [2.24, 2.45) is 7.05 Å². The van der Waals surface area contributed by atoms with E-state index in [0.717, 1.165) is 47.9 Å². The van der Waals surface area contributed by atoms with Gasteiger partial charge in [0.2, 0.25) is 5.91 Å². The van der Waals surface area contributed by atoms with E-state index in [2.05, 4.69) is 26.7 Å². The topological polar surface area (TPSA) is 80.7 Å². The lowest BCUT2D eigenvalue weighted by atomic mass is 10.1. The maximum atomic E-state index is 12.6. The van der Waals surface area contributed by atoms with Crippen LogP contribution in [0.25, 0.3) is 0 Å². The minimum absolute atomic E-state index is 0.0902. The highest BCUT2D eigenvalue weighted by Crippen LogP contribution is 2.29. The molecule has 8 nitrogen and oxygen atoms in total. The van der Waals surface area contributed by atoms with Gasteiger partial charge < -0.3 is 20.1 Å². The van der Waals surface area contributed by atoms with Crippen LogP contribution in [0.2, 0.25) is 0 Å². The summed E-state index contributed by atoms with van der Waals surface area (Å²) in [6.07, 6.45) is 1.91. The van der Waals surface area contributed by atoms with Crippen LogP contribution in [0.5, 0.6) is 5.75 Å². The van der Waals surface area contributed by atoms with Crippen molar-refractivity contribution in [2.75, 3.05) is 38.2 Å². The summed E-state index contributed by atoms with van der Waals surface area (Å²) in [5, 5.41) is 10.8. The maximum absolute atomic E-state index is 12.6. The Morgan fingerprint density at radius 3 is 2.97 bits per heavy atom. The number of hydrogen-bond donors (Lipinski definition) is 2. The molecule has 0 radical (unpaired) electrons. The van der Waals surface area contributed by atoms with Gasteiger partial charge in [0, 0.05) is 37.5 Å². The highest BCUT2D eigenvalue weighted by molar-refractivity contribution is 5.82. The Hall–Kier alpha value is -2.58. The second-order valence-corrected chi connectivity index (χ2v) is 7.62. The summed E-state index contributed by atoms with van der Waals surface area (Å²) in [5.74, 6) is 1.86. The van der Waals surface area contributed by atoms with E-state index in [1.165, 1.54) is 0 Å². The smallest absolute Gasteiger partial charge is 0.237 e. The third-order valence-corrected chi connectivity index (χ3v) is 5.41. The fourth-order valence-electron chi connectivity index (χ4n) is 4.00. The number of nitrogens with one attached hydrogen (secondary N) is 2. The highest BCUT2D eigenvalue weighted by atomic mass is 16.5. The number of anilines is 2. The monoisotopic (exact) mass is 399 g/mol. The first-order valence-corrected chi connectivity index (χ1v) is 10.2. The zero-order valence-corrected chi connectivity index (χ0v) is 17.1. The molecule has 4 rings (SSSR count). The Balaban J connectivity index is 1.59. The number of nitrogens with zero attached hydrogens (tertiary/aromatic N) is 3. The molecule has 2 aromatic rings. The summed E-state index contributed by atoms with van der Waals surface area (Å²) in [6, 6.07) is 8.02. The zero-order valence-electron chi connectivity index (χ0n) is 17.1. The molecule has 1 unspecified atom stereocenters. The molecule has 1 fully saturated rings. The van der Waals surface area contributed by atoms with Gasteiger partial charge in [0.25, 0.3) is 0 Å². The van der Waals surface area contributed by atoms with Crippen molar-refractivity contribution >= 4 is 17.4 Å². The Morgan fingerprint density at radius 1 is 1.24 bits per heavy atom. The number of aromatic nitrogens is 2. The van der Waals surface area contributed by atoms with E-state index in [-0.39, 0.29) is 11.9 Å². The lowest BCUT2D eigenvalue weighted by molar-refractivity contribution is -0.125. The van der Waals surface area contributed by atoms with Crippen LogP contribution in [-0.4, -0.2) is 59.5 Å². The highest BCUT2D eigenvalue weighted by Gasteiger charge is 2.31. The van der Waals surface area contributed by atoms with E-state index in [9.17, 15) is 4.79 Å². The summed E-state index contributed by atoms with van der Waals surface area (Å²) in [7, 11) is 1.92. The summed E-state index contributed by atoms with van der Waals surface area (Å²) >= 11 is 0. The van der Waals surface area contributed by atoms with Crippen molar-refractivity contribution in [3.8, 4) is 5.75 Å². The molecule has 0 bridgehead atoms. The zero-order chi connectivity index (χ0) is 20.2. The molecule has 1 saturated heterocycles. The van der Waals surface area contributed by atoms with Crippen LogP contribution in [0, 0.1) is 6.92 Å². The quantitative estimate of drug-likeness (QED) is 0.804. The molecule has 2 N–H and O–H groups in total. The first kappa shape index (κ1) is 19.7. The van der Waals surface area contributed by atoms with Gasteiger partial charge in [0.05, 0.1) is 24.9 Å². The Bertz CT molecular complexity index is 866. The standard InChI is InChI=1S/C21H29N5O3/c1-15-12-20(25(2)24-15)23-17-5-6-19-16(13-17)14-26-8-3-4-18(26)21(27)22-7-9-28-10-11-29-19/h5-6,12-13,18,23H,3-4,7-11,14H2,1-2H3,(H,22,27). The van der Waals surface area contributed by atoms with Crippen LogP contribution >= 0.6 is 0 Å². The van der Waals surface area contributed by atoms with Gasteiger partial charge >= 0.3 is 0 Å². The van der Waals surface area contributed by atoms with Crippen LogP contribution in [-0.2, 0) is 23.1 Å². The van der Waals surface area contributed by atoms with Gasteiger partial charge in [-0.2, -0.15) is 5.10 Å². The lowest BCUT2D eigenvalue weighted by Gasteiger charge is -2.25. The summed E-state index contributed by atoms with van der Waals surface area (Å²) in [4.78, 5) is 14.8. The molecule has 29 heavy (non-hydrogen) atoms. The van der Waals surface area contributed by atoms with E-state index in [0.29, 0.717) is 32.9 Å². The number of benzene rings is 1. The molecule has 0 saturated carbocycles. The molecule has 2 aliphatic rings. The first-order chi connectivity index (χ1) is 14.1. The average Bonchev–Trinajstić information content (AvgIpc) is 3.27. The van der Waals surface area contributed by atoms with Crippen molar-refractivity contribution in [2.45, 2.75) is 32.4 Å². The van der Waals surface area contributed by atoms with Crippen LogP contribution in [0.3, 0.4) is 0 Å². The second-order valence-electron chi connectivity index (χ2n) is 7.62. The van der Waals surface area contributed by atoms with Gasteiger partial charge in [-0.25, -0.2) is 0 Å². The minimum atomic E-state index is -0.0973. The molecule has 1 aromatic carbocycles. The lowest BCUT2D eigenvalue weighted by Crippen LogP contribution is -2.43. The van der Waals surface area contributed by atoms with Crippen LogP contribution in [0.15, 0.2) is 24.3 Å². The number of carbonyl (C=O) groups is 1. The van der Waals surface area contributed by atoms with Crippen molar-refractivity contribution in [3.05, 3.63) is 35.5 Å². The molecule has 1 atom stereocenters. The molecule has 1 amide bonds. The van der Waals surface area contributed by atoms with Gasteiger partial charge in [-0.1, -0.05) is 0 Å². The Morgan fingerprint density at radius 2 is 2.14 bits per heavy atom. The third-order valence-electron chi connectivity index (χ3n) is 5.41. The minimum Gasteiger partial charge on any atom is -0.491 e. The van der Waals surface area contributed by atoms with Gasteiger partial charge in [0.1, 0.15) is 18.2 Å². The normalized spacial score (nSPS) is 21.0. The number of fused-ring (bicyclic) bond motifs is 2. The number of carbonyl (C=O) groups excluding carboxylic acids is 1. The molecule has 2 aliphatic heterocycles. The van der Waals surface area contributed by atoms with Crippen LogP contribution < -0.4 is 15.4 Å². The van der Waals surface area contributed by atoms with Crippen LogP contribution in [0.4, 0.5) is 11.5 Å². The fourth-order valence-corrected chi connectivity index (χ4v) is 4.00. The number of hydrogen-bond acceptors (Lipinski definition) is 6. The molecule has 156 valence electrons. The van der Waals surface area contributed by atoms with E-state index in [4.69, 9.17) is 9.47 Å². The summed E-state index contributed by atoms with van der Waals surface area (Å²) in [5.41, 5.74) is 3.00. The SMILES string of the molecule is Cc1cc(Nc2ccc3c(c2)CN2CCCC2C(=O)NCCOCCO3)n(C)n1. The molecule has 0 aliphatic carbocycles. The molecular weight excluding hydrogens is 370 g/mol. The molecule has 8 heteroatoms. The predicted molar refractivity (Wildman–Crippen MR) is 110 cm³/mol. The van der Waals surface area contributed by atoms with E-state index >= 15 is 0 Å². The first-order valence-electron chi connectivity index (χ1n) is 10.2. The maximum Gasteiger partial charge on any atom is 0.237 e. The van der Waals surface area contributed by atoms with Gasteiger partial charge in [0.15, 0.2) is 0 Å². The van der Waals surface area contributed by atoms with E-state index < -0.39 is 0 Å². The number of amides is 1. The van der Waals surface area contributed by atoms with E-state index in [1.54, 1.807) is 0 Å². The van der Waals surface area contributed by atoms with Gasteiger partial charge in [-0.15, -0.1) is 0 Å². The van der Waals surface area contributed by atoms with Gasteiger partial charge in [-0.3, -0.25) is 14.4 Å². The number of rotatable bonds is 2. The Labute approximate surface area is 171 Å². The van der Waals surface area contributed by atoms with Crippen molar-refractivity contribution < 1.29 is 14.3 Å². The van der Waals surface area contributed by atoms with Crippen molar-refractivity contribution in [1.82, 2.24) is 20.0 Å². The molecule has 3 heterocycles. The fraction of sp³-hybridized carbons (Fsp3) is 0.524. The van der Waals surface area contributed by atoms with Crippen molar-refractivity contribution in [3.63, 3.8) is 0 Å². The molecular formula is C21H29N5O3. The largest absolute Gasteiger partial charge is 0.491 e. The average molecular weight is 399 g/mol. The Kier molecular flexibility index (Phi) is 6.01. The van der Waals surface area contributed by atoms with Crippen LogP contribution in [0.1, 0.15) is 24.1 Å². The number of aryl methyl sites for hydroxylation is 2. The summed E-state index contributed by atoms with van der Waals surface area (Å²) < 4.78 is 13.4. The molecule has 1 aromatic heterocycles.